The first-order valence-electron chi connectivity index (χ1n) is 6.78. The molecule has 0 bridgehead atoms. The maximum Gasteiger partial charge on any atom is 0.115 e. The van der Waals surface area contributed by atoms with Crippen molar-refractivity contribution in [2.45, 2.75) is 44.9 Å². The first kappa shape index (κ1) is 15.0. The highest BCUT2D eigenvalue weighted by Crippen LogP contribution is 2.28. The van der Waals surface area contributed by atoms with Gasteiger partial charge >= 0.3 is 0 Å². The zero-order valence-electron chi connectivity index (χ0n) is 12.8. The van der Waals surface area contributed by atoms with Gasteiger partial charge in [-0.15, -0.1) is 0 Å². The molecule has 0 fully saturated rings. The molecule has 110 valence electrons. The molecule has 0 aliphatic rings. The Bertz CT molecular complexity index is 655. The van der Waals surface area contributed by atoms with Crippen LogP contribution < -0.4 is 5.73 Å². The van der Waals surface area contributed by atoms with Crippen LogP contribution in [0.25, 0.3) is 11.0 Å². The second-order valence-electron chi connectivity index (χ2n) is 6.35. The molecular weight excluding hydrogens is 270 g/mol. The van der Waals surface area contributed by atoms with Crippen LogP contribution in [-0.4, -0.2) is 25.3 Å². The van der Waals surface area contributed by atoms with Gasteiger partial charge in [0.25, 0.3) is 0 Å². The minimum atomic E-state index is -0.851. The third kappa shape index (κ3) is 2.87. The summed E-state index contributed by atoms with van der Waals surface area (Å²) in [4.78, 5) is 4.74. The van der Waals surface area contributed by atoms with Crippen LogP contribution in [0.15, 0.2) is 18.2 Å². The fourth-order valence-corrected chi connectivity index (χ4v) is 2.63. The highest BCUT2D eigenvalue weighted by atomic mass is 32.2. The summed E-state index contributed by atoms with van der Waals surface area (Å²) >= 11 is 0. The summed E-state index contributed by atoms with van der Waals surface area (Å²) in [6, 6.07) is 5.79. The standard InChI is InChI=1S/C15H23N3OS/c1-10(20(5)19)9-18-13-7-6-11(16)8-12(13)17-14(18)15(2,3)4/h6-8,10H,9,16H2,1-5H3. The van der Waals surface area contributed by atoms with Crippen molar-refractivity contribution in [3.63, 3.8) is 0 Å². The summed E-state index contributed by atoms with van der Waals surface area (Å²) in [5.41, 5.74) is 8.46. The van der Waals surface area contributed by atoms with E-state index in [1.807, 2.05) is 25.1 Å². The molecule has 1 aromatic carbocycles. The van der Waals surface area contributed by atoms with E-state index in [9.17, 15) is 4.21 Å². The second kappa shape index (κ2) is 5.20. The molecule has 0 aliphatic heterocycles. The Kier molecular flexibility index (Phi) is 3.91. The van der Waals surface area contributed by atoms with Gasteiger partial charge in [-0.1, -0.05) is 20.8 Å². The summed E-state index contributed by atoms with van der Waals surface area (Å²) in [6.45, 7) is 9.13. The lowest BCUT2D eigenvalue weighted by Gasteiger charge is -2.21. The topological polar surface area (TPSA) is 60.9 Å². The molecule has 5 heteroatoms. The smallest absolute Gasteiger partial charge is 0.115 e. The molecule has 0 spiro atoms. The predicted molar refractivity (Wildman–Crippen MR) is 86.4 cm³/mol. The van der Waals surface area contributed by atoms with E-state index in [4.69, 9.17) is 10.7 Å². The van der Waals surface area contributed by atoms with E-state index in [2.05, 4.69) is 25.3 Å². The monoisotopic (exact) mass is 293 g/mol. The molecule has 2 atom stereocenters. The van der Waals surface area contributed by atoms with Crippen molar-refractivity contribution in [1.29, 1.82) is 0 Å². The van der Waals surface area contributed by atoms with Gasteiger partial charge in [0.15, 0.2) is 0 Å². The Hall–Kier alpha value is -1.36. The van der Waals surface area contributed by atoms with Gasteiger partial charge in [0.1, 0.15) is 5.82 Å². The SMILES string of the molecule is CC(Cn1c(C(C)(C)C)nc2cc(N)ccc21)S(C)=O. The molecule has 2 rings (SSSR count). The molecule has 20 heavy (non-hydrogen) atoms. The highest BCUT2D eigenvalue weighted by molar-refractivity contribution is 7.84. The first-order chi connectivity index (χ1) is 9.20. The van der Waals surface area contributed by atoms with E-state index >= 15 is 0 Å². The maximum absolute atomic E-state index is 11.7. The number of fused-ring (bicyclic) bond motifs is 1. The average molecular weight is 293 g/mol. The number of aromatic nitrogens is 2. The minimum absolute atomic E-state index is 0.0667. The van der Waals surface area contributed by atoms with Crippen LogP contribution in [0.2, 0.25) is 0 Å². The van der Waals surface area contributed by atoms with Gasteiger partial charge in [-0.3, -0.25) is 4.21 Å². The lowest BCUT2D eigenvalue weighted by molar-refractivity contribution is 0.502. The Morgan fingerprint density at radius 2 is 2.05 bits per heavy atom. The van der Waals surface area contributed by atoms with Crippen LogP contribution in [0.5, 0.6) is 0 Å². The van der Waals surface area contributed by atoms with Crippen LogP contribution in [0.1, 0.15) is 33.5 Å². The van der Waals surface area contributed by atoms with Gasteiger partial charge in [-0.25, -0.2) is 4.98 Å². The number of hydrogen-bond donors (Lipinski definition) is 1. The Morgan fingerprint density at radius 3 is 2.60 bits per heavy atom. The Morgan fingerprint density at radius 1 is 1.40 bits per heavy atom. The zero-order valence-corrected chi connectivity index (χ0v) is 13.6. The minimum Gasteiger partial charge on any atom is -0.399 e. The molecule has 0 aliphatic carbocycles. The number of nitrogens with two attached hydrogens (primary N) is 1. The number of imidazole rings is 1. The van der Waals surface area contributed by atoms with E-state index < -0.39 is 10.8 Å². The predicted octanol–water partition coefficient (Wildman–Crippen LogP) is 2.68. The van der Waals surface area contributed by atoms with Crippen LogP contribution in [0.4, 0.5) is 5.69 Å². The lowest BCUT2D eigenvalue weighted by atomic mass is 9.95. The van der Waals surface area contributed by atoms with Crippen molar-refractivity contribution in [2.24, 2.45) is 0 Å². The van der Waals surface area contributed by atoms with Gasteiger partial charge < -0.3 is 10.3 Å². The van der Waals surface area contributed by atoms with Crippen molar-refractivity contribution in [2.75, 3.05) is 12.0 Å². The molecule has 0 saturated heterocycles. The van der Waals surface area contributed by atoms with E-state index in [1.54, 1.807) is 6.26 Å². The van der Waals surface area contributed by atoms with Gasteiger partial charge in [0.2, 0.25) is 0 Å². The quantitative estimate of drug-likeness (QED) is 0.885. The second-order valence-corrected chi connectivity index (χ2v) is 8.16. The summed E-state index contributed by atoms with van der Waals surface area (Å²) in [6.07, 6.45) is 1.75. The number of hydrogen-bond acceptors (Lipinski definition) is 3. The van der Waals surface area contributed by atoms with E-state index in [0.717, 1.165) is 22.5 Å². The van der Waals surface area contributed by atoms with Crippen molar-refractivity contribution in [3.8, 4) is 0 Å². The van der Waals surface area contributed by atoms with E-state index in [0.29, 0.717) is 6.54 Å². The molecule has 0 amide bonds. The first-order valence-corrected chi connectivity index (χ1v) is 8.40. The van der Waals surface area contributed by atoms with Crippen LogP contribution >= 0.6 is 0 Å². The van der Waals surface area contributed by atoms with Gasteiger partial charge in [-0.05, 0) is 25.1 Å². The molecule has 2 unspecified atom stereocenters. The molecule has 0 radical (unpaired) electrons. The third-order valence-corrected chi connectivity index (χ3v) is 4.73. The molecule has 1 aromatic heterocycles. The Labute approximate surface area is 122 Å². The number of nitrogens with zero attached hydrogens (tertiary/aromatic N) is 2. The largest absolute Gasteiger partial charge is 0.399 e. The summed E-state index contributed by atoms with van der Waals surface area (Å²) in [5, 5.41) is 0.0889. The molecule has 1 heterocycles. The fourth-order valence-electron chi connectivity index (χ4n) is 2.27. The molecule has 2 aromatic rings. The highest BCUT2D eigenvalue weighted by Gasteiger charge is 2.24. The maximum atomic E-state index is 11.7. The summed E-state index contributed by atoms with van der Waals surface area (Å²) in [5.74, 6) is 1.01. The number of anilines is 1. The lowest BCUT2D eigenvalue weighted by Crippen LogP contribution is -2.24. The summed E-state index contributed by atoms with van der Waals surface area (Å²) in [7, 11) is -0.851. The summed E-state index contributed by atoms with van der Waals surface area (Å²) < 4.78 is 13.9. The van der Waals surface area contributed by atoms with E-state index in [1.165, 1.54) is 0 Å². The Balaban J connectivity index is 2.62. The molecule has 0 saturated carbocycles. The van der Waals surface area contributed by atoms with Crippen LogP contribution in [-0.2, 0) is 22.8 Å². The van der Waals surface area contributed by atoms with Crippen LogP contribution in [0.3, 0.4) is 0 Å². The van der Waals surface area contributed by atoms with Crippen molar-refractivity contribution in [3.05, 3.63) is 24.0 Å². The molecule has 2 N–H and O–H groups in total. The number of nitrogen functional groups attached to an aromatic ring is 1. The average Bonchev–Trinajstić information content (AvgIpc) is 2.66. The van der Waals surface area contributed by atoms with Crippen molar-refractivity contribution in [1.82, 2.24) is 9.55 Å². The zero-order chi connectivity index (χ0) is 15.1. The number of benzene rings is 1. The molecule has 4 nitrogen and oxygen atoms in total. The third-order valence-electron chi connectivity index (χ3n) is 3.45. The van der Waals surface area contributed by atoms with Crippen LogP contribution in [0, 0.1) is 0 Å². The van der Waals surface area contributed by atoms with Crippen molar-refractivity contribution >= 4 is 27.5 Å². The van der Waals surface area contributed by atoms with Gasteiger partial charge in [0.05, 0.1) is 11.0 Å². The van der Waals surface area contributed by atoms with Crippen molar-refractivity contribution < 1.29 is 4.21 Å². The fraction of sp³-hybridized carbons (Fsp3) is 0.533. The van der Waals surface area contributed by atoms with Gasteiger partial charge in [0, 0.05) is 40.0 Å². The van der Waals surface area contributed by atoms with E-state index in [-0.39, 0.29) is 10.7 Å². The number of rotatable bonds is 3. The normalized spacial score (nSPS) is 15.4. The van der Waals surface area contributed by atoms with Gasteiger partial charge in [-0.2, -0.15) is 0 Å². The molecular formula is C15H23N3OS.